The number of rotatable bonds is 6. The summed E-state index contributed by atoms with van der Waals surface area (Å²) in [5.74, 6) is 0.138. The van der Waals surface area contributed by atoms with Crippen molar-refractivity contribution >= 4 is 29.4 Å². The normalized spacial score (nSPS) is 17.6. The van der Waals surface area contributed by atoms with Crippen molar-refractivity contribution in [2.75, 3.05) is 43.1 Å². The highest BCUT2D eigenvalue weighted by molar-refractivity contribution is 6.14. The number of urea groups is 1. The molecule has 1 aromatic heterocycles. The van der Waals surface area contributed by atoms with E-state index in [0.717, 1.165) is 38.4 Å². The number of piperazine rings is 1. The number of amides is 4. The Bertz CT molecular complexity index is 1450. The number of imide groups is 1. The first-order valence-electron chi connectivity index (χ1n) is 13.2. The van der Waals surface area contributed by atoms with Crippen molar-refractivity contribution in [3.63, 3.8) is 0 Å². The van der Waals surface area contributed by atoms with Crippen molar-refractivity contribution in [3.8, 4) is 5.75 Å². The maximum Gasteiger partial charge on any atom is 0.332 e. The minimum atomic E-state index is -0.881. The number of pyridine rings is 1. The van der Waals surface area contributed by atoms with Crippen molar-refractivity contribution in [3.05, 3.63) is 82.8 Å². The van der Waals surface area contributed by atoms with Gasteiger partial charge in [-0.05, 0) is 67.8 Å². The molecule has 0 saturated carbocycles. The Morgan fingerprint density at radius 2 is 1.73 bits per heavy atom. The molecule has 40 heavy (non-hydrogen) atoms. The molecule has 2 fully saturated rings. The number of aryl methyl sites for hydroxylation is 2. The molecule has 1 unspecified atom stereocenters. The number of hydrogen-bond donors (Lipinski definition) is 0. The predicted octanol–water partition coefficient (Wildman–Crippen LogP) is 4.17. The fourth-order valence-electron chi connectivity index (χ4n) is 5.28. The number of hydrogen-bond acceptors (Lipinski definition) is 6. The lowest BCUT2D eigenvalue weighted by Gasteiger charge is -2.36. The third kappa shape index (κ3) is 5.09. The Labute approximate surface area is 232 Å². The zero-order valence-corrected chi connectivity index (χ0v) is 23.1. The van der Waals surface area contributed by atoms with Gasteiger partial charge in [-0.2, -0.15) is 0 Å². The first-order chi connectivity index (χ1) is 19.2. The summed E-state index contributed by atoms with van der Waals surface area (Å²) in [6.07, 6.45) is 1.84. The molecule has 0 aliphatic carbocycles. The van der Waals surface area contributed by atoms with Crippen LogP contribution in [0.15, 0.2) is 54.7 Å². The maximum atomic E-state index is 15.4. The number of ether oxygens (including phenoxy) is 1. The minimum Gasteiger partial charge on any atom is -0.497 e. The minimum absolute atomic E-state index is 0.0367. The number of benzene rings is 2. The van der Waals surface area contributed by atoms with Gasteiger partial charge in [0.25, 0.3) is 11.8 Å². The van der Waals surface area contributed by atoms with Crippen molar-refractivity contribution < 1.29 is 23.5 Å². The van der Waals surface area contributed by atoms with E-state index in [2.05, 4.69) is 16.0 Å². The summed E-state index contributed by atoms with van der Waals surface area (Å²) >= 11 is 0. The van der Waals surface area contributed by atoms with Gasteiger partial charge in [0, 0.05) is 37.9 Å². The van der Waals surface area contributed by atoms with Gasteiger partial charge in [0.2, 0.25) is 0 Å². The third-order valence-electron chi connectivity index (χ3n) is 7.46. The van der Waals surface area contributed by atoms with Crippen molar-refractivity contribution in [1.29, 1.82) is 0 Å². The van der Waals surface area contributed by atoms with Crippen LogP contribution in [0.2, 0.25) is 0 Å². The van der Waals surface area contributed by atoms with E-state index in [4.69, 9.17) is 4.74 Å². The van der Waals surface area contributed by atoms with Crippen LogP contribution in [0.3, 0.4) is 0 Å². The van der Waals surface area contributed by atoms with Gasteiger partial charge >= 0.3 is 6.03 Å². The summed E-state index contributed by atoms with van der Waals surface area (Å²) in [6.45, 7) is 7.85. The third-order valence-corrected chi connectivity index (χ3v) is 7.46. The van der Waals surface area contributed by atoms with Gasteiger partial charge < -0.3 is 14.5 Å². The summed E-state index contributed by atoms with van der Waals surface area (Å²) in [4.78, 5) is 50.0. The molecule has 9 nitrogen and oxygen atoms in total. The fourth-order valence-corrected chi connectivity index (χ4v) is 5.28. The summed E-state index contributed by atoms with van der Waals surface area (Å²) in [6, 6.07) is 11.7. The number of nitrogens with zero attached hydrogens (tertiary/aromatic N) is 5. The van der Waals surface area contributed by atoms with Crippen LogP contribution in [0.25, 0.3) is 0 Å². The molecule has 1 atom stereocenters. The number of anilines is 2. The van der Waals surface area contributed by atoms with Gasteiger partial charge in [-0.25, -0.2) is 14.2 Å². The number of aromatic nitrogens is 1. The van der Waals surface area contributed by atoms with Gasteiger partial charge in [-0.15, -0.1) is 0 Å². The van der Waals surface area contributed by atoms with Gasteiger partial charge in [0.05, 0.1) is 19.3 Å². The SMILES string of the molecule is COc1ccc(CN2C(=O)C(C)N(c3ccc(C(=O)N4CCN(c5ncc(C)cc5C)CC4)cc3F)C2=O)cc1. The van der Waals surface area contributed by atoms with Crippen LogP contribution < -0.4 is 14.5 Å². The number of carbonyl (C=O) groups excluding carboxylic acids is 3. The van der Waals surface area contributed by atoms with E-state index >= 15 is 4.39 Å². The Morgan fingerprint density at radius 3 is 2.35 bits per heavy atom. The molecule has 0 spiro atoms. The quantitative estimate of drug-likeness (QED) is 0.433. The van der Waals surface area contributed by atoms with Crippen LogP contribution in [0, 0.1) is 19.7 Å². The average Bonchev–Trinajstić information content (AvgIpc) is 3.16. The molecular weight excluding hydrogens is 513 g/mol. The number of halogens is 1. The van der Waals surface area contributed by atoms with Crippen LogP contribution >= 0.6 is 0 Å². The molecule has 2 aliphatic heterocycles. The maximum absolute atomic E-state index is 15.4. The molecule has 0 bridgehead atoms. The van der Waals surface area contributed by atoms with Gasteiger partial charge in [0.15, 0.2) is 0 Å². The Kier molecular flexibility index (Phi) is 7.42. The van der Waals surface area contributed by atoms with Crippen LogP contribution in [0.4, 0.5) is 20.7 Å². The zero-order chi connectivity index (χ0) is 28.6. The molecule has 2 aromatic carbocycles. The highest BCUT2D eigenvalue weighted by Crippen LogP contribution is 2.30. The summed E-state index contributed by atoms with van der Waals surface area (Å²) in [7, 11) is 1.56. The topological polar surface area (TPSA) is 86.3 Å². The average molecular weight is 546 g/mol. The van der Waals surface area contributed by atoms with Crippen molar-refractivity contribution in [2.45, 2.75) is 33.4 Å². The van der Waals surface area contributed by atoms with Crippen molar-refractivity contribution in [2.24, 2.45) is 0 Å². The van der Waals surface area contributed by atoms with E-state index in [9.17, 15) is 14.4 Å². The lowest BCUT2D eigenvalue weighted by molar-refractivity contribution is -0.127. The van der Waals surface area contributed by atoms with Crippen LogP contribution in [-0.4, -0.2) is 72.0 Å². The van der Waals surface area contributed by atoms with Gasteiger partial charge in [0.1, 0.15) is 23.4 Å². The molecule has 208 valence electrons. The second kappa shape index (κ2) is 11.0. The summed E-state index contributed by atoms with van der Waals surface area (Å²) < 4.78 is 20.5. The predicted molar refractivity (Wildman–Crippen MR) is 149 cm³/mol. The molecule has 5 rings (SSSR count). The van der Waals surface area contributed by atoms with Crippen molar-refractivity contribution in [1.82, 2.24) is 14.8 Å². The number of methoxy groups -OCH3 is 1. The molecule has 0 N–H and O–H groups in total. The van der Waals surface area contributed by atoms with Gasteiger partial charge in [-0.1, -0.05) is 18.2 Å². The highest BCUT2D eigenvalue weighted by Gasteiger charge is 2.44. The van der Waals surface area contributed by atoms with E-state index in [1.54, 1.807) is 43.2 Å². The molecule has 2 saturated heterocycles. The smallest absolute Gasteiger partial charge is 0.332 e. The largest absolute Gasteiger partial charge is 0.497 e. The molecule has 3 heterocycles. The van der Waals surface area contributed by atoms with E-state index < -0.39 is 23.8 Å². The number of carbonyl (C=O) groups is 3. The lowest BCUT2D eigenvalue weighted by Crippen LogP contribution is -2.49. The molecular formula is C30H32FN5O4. The second-order valence-electron chi connectivity index (χ2n) is 10.2. The molecule has 4 amide bonds. The second-order valence-corrected chi connectivity index (χ2v) is 10.2. The van der Waals surface area contributed by atoms with E-state index in [1.807, 2.05) is 20.0 Å². The highest BCUT2D eigenvalue weighted by atomic mass is 19.1. The lowest BCUT2D eigenvalue weighted by atomic mass is 10.1. The summed E-state index contributed by atoms with van der Waals surface area (Å²) in [5, 5.41) is 0. The molecule has 3 aromatic rings. The Hall–Kier alpha value is -4.47. The zero-order valence-electron chi connectivity index (χ0n) is 23.1. The van der Waals surface area contributed by atoms with Crippen LogP contribution in [-0.2, 0) is 11.3 Å². The van der Waals surface area contributed by atoms with Crippen LogP contribution in [0.1, 0.15) is 34.0 Å². The fraction of sp³-hybridized carbons (Fsp3) is 0.333. The van der Waals surface area contributed by atoms with E-state index in [-0.39, 0.29) is 23.7 Å². The summed E-state index contributed by atoms with van der Waals surface area (Å²) in [5.41, 5.74) is 3.08. The van der Waals surface area contributed by atoms with E-state index in [0.29, 0.717) is 31.9 Å². The molecule has 10 heteroatoms. The Balaban J connectivity index is 1.27. The first-order valence-corrected chi connectivity index (χ1v) is 13.2. The van der Waals surface area contributed by atoms with Crippen LogP contribution in [0.5, 0.6) is 5.75 Å². The molecule has 0 radical (unpaired) electrons. The standard InChI is InChI=1S/C30H32FN5O4/c1-19-15-20(2)27(32-17-19)33-11-13-34(14-12-33)29(38)23-7-10-26(25(31)16-23)36-21(3)28(37)35(30(36)39)18-22-5-8-24(40-4)9-6-22/h5-10,15-17,21H,11-14,18H2,1-4H3. The first kappa shape index (κ1) is 27.1. The van der Waals surface area contributed by atoms with E-state index in [1.165, 1.54) is 12.1 Å². The monoisotopic (exact) mass is 545 g/mol. The van der Waals surface area contributed by atoms with Gasteiger partial charge in [-0.3, -0.25) is 19.4 Å². The molecule has 2 aliphatic rings. The Morgan fingerprint density at radius 1 is 1.02 bits per heavy atom.